The molecule has 2 amide bonds. The number of fused-ring (bicyclic) bond motifs is 1. The molecular formula is C13H23N3O3. The molecule has 1 heterocycles. The number of alkyl carbamates (subject to hydrolysis) is 1. The fourth-order valence-corrected chi connectivity index (χ4v) is 3.26. The van der Waals surface area contributed by atoms with Crippen molar-refractivity contribution in [2.45, 2.75) is 32.2 Å². The SMILES string of the molecule is CCOC(=O)NC(=O)CN1CC2CCCC(N)C2C1. The fourth-order valence-electron chi connectivity index (χ4n) is 3.26. The van der Waals surface area contributed by atoms with E-state index in [0.29, 0.717) is 11.8 Å². The van der Waals surface area contributed by atoms with Gasteiger partial charge < -0.3 is 10.5 Å². The van der Waals surface area contributed by atoms with Gasteiger partial charge in [0.2, 0.25) is 5.91 Å². The number of ether oxygens (including phenoxy) is 1. The van der Waals surface area contributed by atoms with Crippen LogP contribution in [0.2, 0.25) is 0 Å². The van der Waals surface area contributed by atoms with Crippen LogP contribution in [-0.4, -0.2) is 49.2 Å². The molecule has 19 heavy (non-hydrogen) atoms. The van der Waals surface area contributed by atoms with Crippen molar-refractivity contribution in [3.05, 3.63) is 0 Å². The average molecular weight is 269 g/mol. The lowest BCUT2D eigenvalue weighted by Gasteiger charge is -2.29. The second-order valence-corrected chi connectivity index (χ2v) is 5.48. The molecule has 3 atom stereocenters. The smallest absolute Gasteiger partial charge is 0.413 e. The van der Waals surface area contributed by atoms with Gasteiger partial charge >= 0.3 is 6.09 Å². The Morgan fingerprint density at radius 2 is 2.16 bits per heavy atom. The van der Waals surface area contributed by atoms with E-state index in [0.717, 1.165) is 19.5 Å². The minimum atomic E-state index is -0.666. The average Bonchev–Trinajstić information content (AvgIpc) is 2.72. The van der Waals surface area contributed by atoms with Crippen LogP contribution < -0.4 is 11.1 Å². The van der Waals surface area contributed by atoms with Crippen LogP contribution >= 0.6 is 0 Å². The van der Waals surface area contributed by atoms with E-state index in [9.17, 15) is 9.59 Å². The van der Waals surface area contributed by atoms with Crippen molar-refractivity contribution in [2.24, 2.45) is 17.6 Å². The van der Waals surface area contributed by atoms with Gasteiger partial charge in [-0.05, 0) is 31.6 Å². The van der Waals surface area contributed by atoms with E-state index in [4.69, 9.17) is 5.73 Å². The molecule has 0 spiro atoms. The van der Waals surface area contributed by atoms with Crippen LogP contribution in [-0.2, 0) is 9.53 Å². The molecule has 6 heteroatoms. The second-order valence-electron chi connectivity index (χ2n) is 5.48. The maximum atomic E-state index is 11.7. The zero-order valence-corrected chi connectivity index (χ0v) is 11.4. The molecular weight excluding hydrogens is 246 g/mol. The summed E-state index contributed by atoms with van der Waals surface area (Å²) in [6, 6.07) is 0.261. The maximum Gasteiger partial charge on any atom is 0.413 e. The first-order valence-electron chi connectivity index (χ1n) is 7.04. The lowest BCUT2D eigenvalue weighted by molar-refractivity contribution is -0.121. The Morgan fingerprint density at radius 1 is 1.37 bits per heavy atom. The Labute approximate surface area is 113 Å². The first kappa shape index (κ1) is 14.3. The summed E-state index contributed by atoms with van der Waals surface area (Å²) >= 11 is 0. The van der Waals surface area contributed by atoms with Gasteiger partial charge in [0, 0.05) is 19.1 Å². The van der Waals surface area contributed by atoms with Gasteiger partial charge in [-0.1, -0.05) is 6.42 Å². The number of nitrogens with zero attached hydrogens (tertiary/aromatic N) is 1. The van der Waals surface area contributed by atoms with E-state index in [1.807, 2.05) is 0 Å². The Bertz CT molecular complexity index is 348. The predicted molar refractivity (Wildman–Crippen MR) is 70.4 cm³/mol. The zero-order valence-electron chi connectivity index (χ0n) is 11.4. The number of amides is 2. The number of nitrogens with one attached hydrogen (secondary N) is 1. The summed E-state index contributed by atoms with van der Waals surface area (Å²) in [5, 5.41) is 2.23. The number of nitrogens with two attached hydrogens (primary N) is 1. The molecule has 0 aromatic rings. The molecule has 0 bridgehead atoms. The third-order valence-electron chi connectivity index (χ3n) is 4.11. The summed E-state index contributed by atoms with van der Waals surface area (Å²) in [5.74, 6) is 0.814. The van der Waals surface area contributed by atoms with Crippen LogP contribution in [0.1, 0.15) is 26.2 Å². The summed E-state index contributed by atoms with van der Waals surface area (Å²) in [4.78, 5) is 24.9. The quantitative estimate of drug-likeness (QED) is 0.770. The van der Waals surface area contributed by atoms with Crippen molar-refractivity contribution in [1.29, 1.82) is 0 Å². The molecule has 3 N–H and O–H groups in total. The van der Waals surface area contributed by atoms with Crippen LogP contribution in [0.3, 0.4) is 0 Å². The normalized spacial score (nSPS) is 30.7. The second kappa shape index (κ2) is 6.34. The minimum absolute atomic E-state index is 0.249. The first-order valence-corrected chi connectivity index (χ1v) is 7.04. The number of carbonyl (C=O) groups is 2. The summed E-state index contributed by atoms with van der Waals surface area (Å²) < 4.78 is 4.68. The Hall–Kier alpha value is -1.14. The summed E-state index contributed by atoms with van der Waals surface area (Å²) in [5.41, 5.74) is 6.13. The number of imide groups is 1. The summed E-state index contributed by atoms with van der Waals surface area (Å²) in [6.07, 6.45) is 2.81. The molecule has 1 saturated carbocycles. The van der Waals surface area contributed by atoms with Crippen molar-refractivity contribution < 1.29 is 14.3 Å². The van der Waals surface area contributed by atoms with Gasteiger partial charge in [-0.15, -0.1) is 0 Å². The highest BCUT2D eigenvalue weighted by Gasteiger charge is 2.39. The van der Waals surface area contributed by atoms with Crippen molar-refractivity contribution in [3.8, 4) is 0 Å². The van der Waals surface area contributed by atoms with Crippen LogP contribution in [0.5, 0.6) is 0 Å². The number of hydrogen-bond acceptors (Lipinski definition) is 5. The minimum Gasteiger partial charge on any atom is -0.450 e. The molecule has 1 aliphatic heterocycles. The van der Waals surface area contributed by atoms with Gasteiger partial charge in [-0.3, -0.25) is 15.0 Å². The highest BCUT2D eigenvalue weighted by atomic mass is 16.5. The Kier molecular flexibility index (Phi) is 4.76. The van der Waals surface area contributed by atoms with Crippen molar-refractivity contribution in [2.75, 3.05) is 26.2 Å². The molecule has 0 radical (unpaired) electrons. The molecule has 6 nitrogen and oxygen atoms in total. The van der Waals surface area contributed by atoms with Crippen molar-refractivity contribution in [1.82, 2.24) is 10.2 Å². The molecule has 1 saturated heterocycles. The van der Waals surface area contributed by atoms with Crippen molar-refractivity contribution >= 4 is 12.0 Å². The lowest BCUT2D eigenvalue weighted by atomic mass is 9.78. The van der Waals surface area contributed by atoms with Gasteiger partial charge in [0.05, 0.1) is 13.2 Å². The highest BCUT2D eigenvalue weighted by molar-refractivity contribution is 5.92. The molecule has 0 aromatic carbocycles. The number of rotatable bonds is 3. The standard InChI is InChI=1S/C13H23N3O3/c1-2-19-13(18)15-12(17)8-16-6-9-4-3-5-11(14)10(9)7-16/h9-11H,2-8,14H2,1H3,(H,15,17,18). The van der Waals surface area contributed by atoms with E-state index < -0.39 is 6.09 Å². The topological polar surface area (TPSA) is 84.7 Å². The van der Waals surface area contributed by atoms with E-state index in [1.165, 1.54) is 12.8 Å². The largest absolute Gasteiger partial charge is 0.450 e. The third kappa shape index (κ3) is 3.67. The molecule has 2 rings (SSSR count). The van der Waals surface area contributed by atoms with Gasteiger partial charge in [0.1, 0.15) is 0 Å². The monoisotopic (exact) mass is 269 g/mol. The zero-order chi connectivity index (χ0) is 13.8. The Morgan fingerprint density at radius 3 is 2.84 bits per heavy atom. The lowest BCUT2D eigenvalue weighted by Crippen LogP contribution is -2.40. The first-order chi connectivity index (χ1) is 9.10. The summed E-state index contributed by atoms with van der Waals surface area (Å²) in [6.45, 7) is 3.99. The van der Waals surface area contributed by atoms with Gasteiger partial charge in [-0.2, -0.15) is 0 Å². The van der Waals surface area contributed by atoms with Crippen LogP contribution in [0.4, 0.5) is 4.79 Å². The molecule has 0 aromatic heterocycles. The number of carbonyl (C=O) groups excluding carboxylic acids is 2. The number of hydrogen-bond donors (Lipinski definition) is 2. The van der Waals surface area contributed by atoms with E-state index in [1.54, 1.807) is 6.92 Å². The van der Waals surface area contributed by atoms with Crippen LogP contribution in [0.25, 0.3) is 0 Å². The van der Waals surface area contributed by atoms with Gasteiger partial charge in [0.15, 0.2) is 0 Å². The number of likely N-dealkylation sites (tertiary alicyclic amines) is 1. The van der Waals surface area contributed by atoms with E-state index >= 15 is 0 Å². The van der Waals surface area contributed by atoms with Crippen molar-refractivity contribution in [3.63, 3.8) is 0 Å². The third-order valence-corrected chi connectivity index (χ3v) is 4.11. The Balaban J connectivity index is 1.78. The van der Waals surface area contributed by atoms with Crippen LogP contribution in [0, 0.1) is 11.8 Å². The molecule has 1 aliphatic carbocycles. The molecule has 2 aliphatic rings. The maximum absolute atomic E-state index is 11.7. The summed E-state index contributed by atoms with van der Waals surface area (Å²) in [7, 11) is 0. The van der Waals surface area contributed by atoms with Gasteiger partial charge in [0.25, 0.3) is 0 Å². The van der Waals surface area contributed by atoms with E-state index in [2.05, 4.69) is 15.0 Å². The molecule has 108 valence electrons. The highest BCUT2D eigenvalue weighted by Crippen LogP contribution is 2.35. The predicted octanol–water partition coefficient (Wildman–Crippen LogP) is 0.318. The van der Waals surface area contributed by atoms with E-state index in [-0.39, 0.29) is 25.1 Å². The molecule has 3 unspecified atom stereocenters. The molecule has 2 fully saturated rings. The van der Waals surface area contributed by atoms with Crippen LogP contribution in [0.15, 0.2) is 0 Å². The van der Waals surface area contributed by atoms with Gasteiger partial charge in [-0.25, -0.2) is 4.79 Å². The fraction of sp³-hybridized carbons (Fsp3) is 0.846.